The summed E-state index contributed by atoms with van der Waals surface area (Å²) < 4.78 is 44.7. The average molecular weight is 473 g/mol. The number of carbonyl (C=O) groups excluding carboxylic acids is 1. The summed E-state index contributed by atoms with van der Waals surface area (Å²) in [7, 11) is 0. The highest BCUT2D eigenvalue weighted by atomic mass is 35.5. The van der Waals surface area contributed by atoms with Crippen molar-refractivity contribution in [2.75, 3.05) is 10.6 Å². The van der Waals surface area contributed by atoms with Crippen LogP contribution in [0.3, 0.4) is 0 Å². The van der Waals surface area contributed by atoms with E-state index < -0.39 is 22.8 Å². The summed E-state index contributed by atoms with van der Waals surface area (Å²) in [4.78, 5) is 19.5. The Morgan fingerprint density at radius 2 is 1.67 bits per heavy atom. The van der Waals surface area contributed by atoms with Gasteiger partial charge >= 0.3 is 12.2 Å². The molecule has 0 atom stereocenters. The maximum absolute atomic E-state index is 13.0. The largest absolute Gasteiger partial charge is 0.457 e. The van der Waals surface area contributed by atoms with Crippen LogP contribution < -0.4 is 15.4 Å². The lowest BCUT2D eigenvalue weighted by Gasteiger charge is -2.12. The first-order valence-corrected chi connectivity index (χ1v) is 9.97. The van der Waals surface area contributed by atoms with Crippen LogP contribution in [0.15, 0.2) is 79.3 Å². The lowest BCUT2D eigenvalue weighted by molar-refractivity contribution is -0.137. The number of aromatic nitrogens is 2. The molecule has 2 heterocycles. The molecule has 33 heavy (non-hydrogen) atoms. The molecule has 0 bridgehead atoms. The van der Waals surface area contributed by atoms with E-state index in [0.717, 1.165) is 23.4 Å². The Kier molecular flexibility index (Phi) is 6.23. The second-order valence-corrected chi connectivity index (χ2v) is 7.28. The maximum Gasteiger partial charge on any atom is 0.417 e. The van der Waals surface area contributed by atoms with Gasteiger partial charge in [-0.2, -0.15) is 13.2 Å². The van der Waals surface area contributed by atoms with Crippen molar-refractivity contribution in [1.82, 2.24) is 9.97 Å². The van der Waals surface area contributed by atoms with E-state index in [2.05, 4.69) is 20.6 Å². The van der Waals surface area contributed by atoms with Gasteiger partial charge in [0.1, 0.15) is 11.5 Å². The first-order valence-electron chi connectivity index (χ1n) is 9.60. The molecule has 0 saturated carbocycles. The predicted octanol–water partition coefficient (Wildman–Crippen LogP) is 7.19. The lowest BCUT2D eigenvalue weighted by atomic mass is 10.2. The first kappa shape index (κ1) is 22.2. The predicted molar refractivity (Wildman–Crippen MR) is 120 cm³/mol. The monoisotopic (exact) mass is 472 g/mol. The molecule has 0 radical (unpaired) electrons. The maximum atomic E-state index is 13.0. The van der Waals surface area contributed by atoms with E-state index in [1.807, 2.05) is 12.3 Å². The summed E-state index contributed by atoms with van der Waals surface area (Å²) in [6.07, 6.45) is 0.636. The number of hydrogen-bond acceptors (Lipinski definition) is 3. The molecule has 0 spiro atoms. The highest BCUT2D eigenvalue weighted by Gasteiger charge is 2.33. The number of rotatable bonds is 5. The van der Waals surface area contributed by atoms with E-state index in [9.17, 15) is 18.0 Å². The smallest absolute Gasteiger partial charge is 0.417 e. The van der Waals surface area contributed by atoms with Gasteiger partial charge < -0.3 is 20.4 Å². The molecule has 0 fully saturated rings. The van der Waals surface area contributed by atoms with Gasteiger partial charge in [0, 0.05) is 41.6 Å². The van der Waals surface area contributed by atoms with Gasteiger partial charge in [0.05, 0.1) is 16.3 Å². The number of nitrogens with one attached hydrogen (secondary N) is 3. The molecule has 2 aromatic carbocycles. The third-order valence-electron chi connectivity index (χ3n) is 4.50. The van der Waals surface area contributed by atoms with E-state index in [0.29, 0.717) is 17.2 Å². The summed E-state index contributed by atoms with van der Waals surface area (Å²) in [5, 5.41) is 4.46. The molecule has 4 rings (SSSR count). The van der Waals surface area contributed by atoms with Gasteiger partial charge in [0.25, 0.3) is 0 Å². The van der Waals surface area contributed by atoms with Crippen molar-refractivity contribution in [2.45, 2.75) is 6.18 Å². The molecule has 0 aliphatic carbocycles. The average Bonchev–Trinajstić information content (AvgIpc) is 3.31. The fourth-order valence-electron chi connectivity index (χ4n) is 2.97. The van der Waals surface area contributed by atoms with Gasteiger partial charge in [-0.3, -0.25) is 4.98 Å². The Morgan fingerprint density at radius 1 is 0.939 bits per heavy atom. The van der Waals surface area contributed by atoms with Crippen molar-refractivity contribution in [3.63, 3.8) is 0 Å². The summed E-state index contributed by atoms with van der Waals surface area (Å²) >= 11 is 5.59. The van der Waals surface area contributed by atoms with Crippen LogP contribution in [0.25, 0.3) is 11.3 Å². The highest BCUT2D eigenvalue weighted by molar-refractivity contribution is 6.31. The summed E-state index contributed by atoms with van der Waals surface area (Å²) in [6.45, 7) is 0. The topological polar surface area (TPSA) is 79.0 Å². The zero-order valence-corrected chi connectivity index (χ0v) is 17.5. The van der Waals surface area contributed by atoms with Crippen molar-refractivity contribution in [1.29, 1.82) is 0 Å². The van der Waals surface area contributed by atoms with Crippen LogP contribution in [0.5, 0.6) is 11.5 Å². The van der Waals surface area contributed by atoms with Crippen molar-refractivity contribution < 1.29 is 22.7 Å². The quantitative estimate of drug-likeness (QED) is 0.288. The van der Waals surface area contributed by atoms with Crippen LogP contribution in [0.1, 0.15) is 5.56 Å². The van der Waals surface area contributed by atoms with Crippen LogP contribution >= 0.6 is 11.6 Å². The van der Waals surface area contributed by atoms with Gasteiger partial charge in [-0.1, -0.05) is 11.6 Å². The van der Waals surface area contributed by atoms with Gasteiger partial charge in [0.2, 0.25) is 0 Å². The number of alkyl halides is 3. The van der Waals surface area contributed by atoms with Crippen LogP contribution in [-0.2, 0) is 6.18 Å². The number of carbonyl (C=O) groups is 1. The lowest BCUT2D eigenvalue weighted by Crippen LogP contribution is -2.19. The first-order chi connectivity index (χ1) is 15.8. The molecule has 168 valence electrons. The highest BCUT2D eigenvalue weighted by Crippen LogP contribution is 2.36. The van der Waals surface area contributed by atoms with Crippen molar-refractivity contribution >= 4 is 29.0 Å². The number of nitrogens with zero attached hydrogens (tertiary/aromatic N) is 1. The molecule has 6 nitrogen and oxygen atoms in total. The van der Waals surface area contributed by atoms with Gasteiger partial charge in [-0.15, -0.1) is 0 Å². The molecule has 0 saturated heterocycles. The number of amides is 2. The summed E-state index contributed by atoms with van der Waals surface area (Å²) in [5.41, 5.74) is 1.03. The normalized spacial score (nSPS) is 11.2. The Balaban J connectivity index is 1.38. The van der Waals surface area contributed by atoms with E-state index in [1.54, 1.807) is 48.8 Å². The van der Waals surface area contributed by atoms with Crippen molar-refractivity contribution in [3.05, 3.63) is 89.8 Å². The molecule has 0 unspecified atom stereocenters. The second-order valence-electron chi connectivity index (χ2n) is 6.87. The molecular formula is C23H16ClF3N4O2. The van der Waals surface area contributed by atoms with Crippen LogP contribution in [-0.4, -0.2) is 16.0 Å². The standard InChI is InChI=1S/C23H16ClF3N4O2/c24-20-6-3-16(11-19(20)23(25,26)27)31-22(32)30-15-1-4-17(5-2-15)33-18-8-10-29-21(12-18)14-7-9-28-13-14/h1-13,28H,(H2,30,31,32). The SMILES string of the molecule is O=C(Nc1ccc(Oc2ccnc(-c3cc[nH]c3)c2)cc1)Nc1ccc(Cl)c(C(F)(F)F)c1. The van der Waals surface area contributed by atoms with E-state index >= 15 is 0 Å². The molecule has 0 aliphatic rings. The van der Waals surface area contributed by atoms with Crippen molar-refractivity contribution in [2.24, 2.45) is 0 Å². The van der Waals surface area contributed by atoms with Crippen LogP contribution in [0.2, 0.25) is 5.02 Å². The van der Waals surface area contributed by atoms with Crippen molar-refractivity contribution in [3.8, 4) is 22.8 Å². The number of benzene rings is 2. The molecule has 3 N–H and O–H groups in total. The molecule has 10 heteroatoms. The Morgan fingerprint density at radius 3 is 2.36 bits per heavy atom. The van der Waals surface area contributed by atoms with Crippen LogP contribution in [0.4, 0.5) is 29.3 Å². The minimum atomic E-state index is -4.63. The number of anilines is 2. The number of hydrogen-bond donors (Lipinski definition) is 3. The minimum absolute atomic E-state index is 0.0416. The van der Waals surface area contributed by atoms with E-state index in [-0.39, 0.29) is 5.69 Å². The zero-order chi connectivity index (χ0) is 23.4. The Bertz CT molecular complexity index is 1260. The van der Waals surface area contributed by atoms with E-state index in [4.69, 9.17) is 16.3 Å². The number of ether oxygens (including phenoxy) is 1. The van der Waals surface area contributed by atoms with Gasteiger partial charge in [-0.05, 0) is 54.6 Å². The summed E-state index contributed by atoms with van der Waals surface area (Å²) in [5.74, 6) is 1.11. The number of halogens is 4. The molecule has 2 amide bonds. The third-order valence-corrected chi connectivity index (χ3v) is 4.83. The fraction of sp³-hybridized carbons (Fsp3) is 0.0435. The molecular weight excluding hydrogens is 457 g/mol. The Hall–Kier alpha value is -3.98. The summed E-state index contributed by atoms with van der Waals surface area (Å²) in [6, 6.07) is 14.3. The molecule has 0 aliphatic heterocycles. The van der Waals surface area contributed by atoms with Gasteiger partial charge in [-0.25, -0.2) is 4.79 Å². The molecule has 2 aromatic heterocycles. The molecule has 4 aromatic rings. The number of H-pyrrole nitrogens is 1. The number of pyridine rings is 1. The van der Waals surface area contributed by atoms with Gasteiger partial charge in [0.15, 0.2) is 0 Å². The fourth-order valence-corrected chi connectivity index (χ4v) is 3.20. The second kappa shape index (κ2) is 9.25. The zero-order valence-electron chi connectivity index (χ0n) is 16.8. The van der Waals surface area contributed by atoms with Crippen LogP contribution in [0, 0.1) is 0 Å². The number of urea groups is 1. The minimum Gasteiger partial charge on any atom is -0.457 e. The number of aromatic amines is 1. The Labute approximate surface area is 191 Å². The third kappa shape index (κ3) is 5.64. The van der Waals surface area contributed by atoms with E-state index in [1.165, 1.54) is 6.07 Å².